The van der Waals surface area contributed by atoms with Gasteiger partial charge in [-0.05, 0) is 37.5 Å². The Morgan fingerprint density at radius 2 is 2.07 bits per heavy atom. The Labute approximate surface area is 87.2 Å². The number of hydrogen-bond acceptors (Lipinski definition) is 1. The van der Waals surface area contributed by atoms with Crippen LogP contribution in [0.2, 0.25) is 0 Å². The van der Waals surface area contributed by atoms with Crippen LogP contribution in [-0.4, -0.2) is 23.3 Å². The minimum absolute atomic E-state index is 0.682. The van der Waals surface area contributed by atoms with Crippen molar-refractivity contribution in [1.82, 2.24) is 4.90 Å². The van der Waals surface area contributed by atoms with E-state index in [0.717, 1.165) is 30.6 Å². The lowest BCUT2D eigenvalue weighted by atomic mass is 9.79. The number of hydrogen-bond donors (Lipinski definition) is 1. The predicted octanol–water partition coefficient (Wildman–Crippen LogP) is 2.88. The fraction of sp³-hybridized carbons (Fsp3) is 0.917. The molecule has 1 heterocycles. The fourth-order valence-electron chi connectivity index (χ4n) is 3.17. The van der Waals surface area contributed by atoms with Crippen molar-refractivity contribution in [2.24, 2.45) is 11.8 Å². The van der Waals surface area contributed by atoms with Gasteiger partial charge in [0, 0.05) is 19.0 Å². The van der Waals surface area contributed by atoms with Crippen molar-refractivity contribution < 1.29 is 0 Å². The Bertz CT molecular complexity index is 224. The Morgan fingerprint density at radius 3 is 2.64 bits per heavy atom. The number of nitrogens with zero attached hydrogens (tertiary/aromatic N) is 1. The first-order valence-corrected chi connectivity index (χ1v) is 6.02. The zero-order valence-corrected chi connectivity index (χ0v) is 9.42. The summed E-state index contributed by atoms with van der Waals surface area (Å²) in [6.45, 7) is 5.87. The minimum atomic E-state index is 0.682. The topological polar surface area (TPSA) is 27.1 Å². The highest BCUT2D eigenvalue weighted by atomic mass is 15.2. The smallest absolute Gasteiger partial charge is 0.0960 e. The van der Waals surface area contributed by atoms with Crippen molar-refractivity contribution in [1.29, 1.82) is 5.41 Å². The highest BCUT2D eigenvalue weighted by molar-refractivity contribution is 5.81. The van der Waals surface area contributed by atoms with Gasteiger partial charge in [-0.25, -0.2) is 0 Å². The largest absolute Gasteiger partial charge is 0.357 e. The molecule has 3 atom stereocenters. The predicted molar refractivity (Wildman–Crippen MR) is 59.6 cm³/mol. The van der Waals surface area contributed by atoms with Crippen molar-refractivity contribution in [3.63, 3.8) is 0 Å². The molecule has 2 fully saturated rings. The summed E-state index contributed by atoms with van der Waals surface area (Å²) >= 11 is 0. The Hall–Kier alpha value is -0.530. The van der Waals surface area contributed by atoms with Crippen LogP contribution in [0.25, 0.3) is 0 Å². The number of rotatable bonds is 1. The van der Waals surface area contributed by atoms with Crippen LogP contribution in [0, 0.1) is 17.2 Å². The quantitative estimate of drug-likeness (QED) is 0.682. The van der Waals surface area contributed by atoms with E-state index in [9.17, 15) is 0 Å². The standard InChI is InChI=1S/C12H22N2/c1-9-5-6-11(10(2)8-9)14-7-3-4-12(14)13/h9-11,13H,3-8H2,1-2H3. The molecule has 2 heteroatoms. The van der Waals surface area contributed by atoms with Gasteiger partial charge in [-0.2, -0.15) is 0 Å². The van der Waals surface area contributed by atoms with Crippen LogP contribution in [-0.2, 0) is 0 Å². The van der Waals surface area contributed by atoms with Gasteiger partial charge in [-0.15, -0.1) is 0 Å². The molecule has 0 bridgehead atoms. The van der Waals surface area contributed by atoms with Gasteiger partial charge in [0.1, 0.15) is 0 Å². The van der Waals surface area contributed by atoms with E-state index in [2.05, 4.69) is 18.7 Å². The second-order valence-corrected chi connectivity index (χ2v) is 5.21. The molecule has 0 spiro atoms. The summed E-state index contributed by atoms with van der Waals surface area (Å²) < 4.78 is 0. The molecule has 3 unspecified atom stereocenters. The van der Waals surface area contributed by atoms with Gasteiger partial charge in [-0.1, -0.05) is 13.8 Å². The van der Waals surface area contributed by atoms with Crippen LogP contribution in [0.3, 0.4) is 0 Å². The van der Waals surface area contributed by atoms with E-state index in [4.69, 9.17) is 5.41 Å². The maximum atomic E-state index is 7.91. The average Bonchev–Trinajstić information content (AvgIpc) is 2.52. The molecule has 2 nitrogen and oxygen atoms in total. The maximum Gasteiger partial charge on any atom is 0.0960 e. The summed E-state index contributed by atoms with van der Waals surface area (Å²) in [5.41, 5.74) is 0. The van der Waals surface area contributed by atoms with Crippen LogP contribution in [0.15, 0.2) is 0 Å². The first kappa shape index (κ1) is 10.0. The first-order valence-electron chi connectivity index (χ1n) is 6.02. The molecule has 0 aromatic rings. The van der Waals surface area contributed by atoms with Crippen LogP contribution < -0.4 is 0 Å². The summed E-state index contributed by atoms with van der Waals surface area (Å²) in [6, 6.07) is 0.682. The van der Waals surface area contributed by atoms with E-state index in [1.54, 1.807) is 0 Å². The zero-order chi connectivity index (χ0) is 10.1. The molecule has 0 aromatic heterocycles. The molecule has 1 aliphatic heterocycles. The van der Waals surface area contributed by atoms with Crippen molar-refractivity contribution in [2.75, 3.05) is 6.54 Å². The van der Waals surface area contributed by atoms with E-state index in [1.165, 1.54) is 25.7 Å². The highest BCUT2D eigenvalue weighted by Crippen LogP contribution is 2.33. The molecular formula is C12H22N2. The first-order chi connectivity index (χ1) is 6.68. The third-order valence-electron chi connectivity index (χ3n) is 3.95. The molecule has 2 rings (SSSR count). The Kier molecular flexibility index (Phi) is 2.80. The van der Waals surface area contributed by atoms with E-state index >= 15 is 0 Å². The van der Waals surface area contributed by atoms with Gasteiger partial charge in [-0.3, -0.25) is 5.41 Å². The van der Waals surface area contributed by atoms with Gasteiger partial charge < -0.3 is 4.90 Å². The van der Waals surface area contributed by atoms with Gasteiger partial charge in [0.05, 0.1) is 5.84 Å². The van der Waals surface area contributed by atoms with Crippen LogP contribution in [0.1, 0.15) is 46.0 Å². The third-order valence-corrected chi connectivity index (χ3v) is 3.95. The van der Waals surface area contributed by atoms with Crippen molar-refractivity contribution in [2.45, 2.75) is 52.0 Å². The van der Waals surface area contributed by atoms with Crippen molar-refractivity contribution in [3.8, 4) is 0 Å². The van der Waals surface area contributed by atoms with E-state index < -0.39 is 0 Å². The molecule has 1 saturated heterocycles. The fourth-order valence-corrected chi connectivity index (χ4v) is 3.17. The Balaban J connectivity index is 2.00. The van der Waals surface area contributed by atoms with Gasteiger partial charge in [0.2, 0.25) is 0 Å². The van der Waals surface area contributed by atoms with E-state index in [1.807, 2.05) is 0 Å². The molecule has 14 heavy (non-hydrogen) atoms. The maximum absolute atomic E-state index is 7.91. The van der Waals surface area contributed by atoms with Crippen LogP contribution in [0.5, 0.6) is 0 Å². The molecule has 2 aliphatic rings. The number of likely N-dealkylation sites (tertiary alicyclic amines) is 1. The number of nitrogens with one attached hydrogen (secondary N) is 1. The summed E-state index contributed by atoms with van der Waals surface area (Å²) in [5.74, 6) is 2.59. The zero-order valence-electron chi connectivity index (χ0n) is 9.42. The second kappa shape index (κ2) is 3.92. The third kappa shape index (κ3) is 1.79. The summed E-state index contributed by atoms with van der Waals surface area (Å²) in [6.07, 6.45) is 6.24. The van der Waals surface area contributed by atoms with E-state index in [0.29, 0.717) is 6.04 Å². The van der Waals surface area contributed by atoms with E-state index in [-0.39, 0.29) is 0 Å². The molecule has 0 amide bonds. The number of amidine groups is 1. The molecule has 1 aliphatic carbocycles. The minimum Gasteiger partial charge on any atom is -0.357 e. The van der Waals surface area contributed by atoms with Crippen molar-refractivity contribution >= 4 is 5.84 Å². The lowest BCUT2D eigenvalue weighted by Crippen LogP contribution is -2.43. The molecular weight excluding hydrogens is 172 g/mol. The molecule has 80 valence electrons. The SMILES string of the molecule is CC1CCC(N2CCCC2=N)C(C)C1. The Morgan fingerprint density at radius 1 is 1.29 bits per heavy atom. The summed E-state index contributed by atoms with van der Waals surface area (Å²) in [5, 5.41) is 7.91. The summed E-state index contributed by atoms with van der Waals surface area (Å²) in [4.78, 5) is 2.37. The van der Waals surface area contributed by atoms with Crippen LogP contribution in [0.4, 0.5) is 0 Å². The van der Waals surface area contributed by atoms with Gasteiger partial charge >= 0.3 is 0 Å². The molecule has 0 aromatic carbocycles. The normalized spacial score (nSPS) is 39.1. The van der Waals surface area contributed by atoms with Crippen molar-refractivity contribution in [3.05, 3.63) is 0 Å². The summed E-state index contributed by atoms with van der Waals surface area (Å²) in [7, 11) is 0. The molecule has 0 radical (unpaired) electrons. The monoisotopic (exact) mass is 194 g/mol. The molecule has 1 saturated carbocycles. The van der Waals surface area contributed by atoms with Gasteiger partial charge in [0.25, 0.3) is 0 Å². The van der Waals surface area contributed by atoms with Crippen LogP contribution >= 0.6 is 0 Å². The second-order valence-electron chi connectivity index (χ2n) is 5.21. The molecule has 1 N–H and O–H groups in total. The highest BCUT2D eigenvalue weighted by Gasteiger charge is 2.32. The van der Waals surface area contributed by atoms with Gasteiger partial charge in [0.15, 0.2) is 0 Å². The lowest BCUT2D eigenvalue weighted by molar-refractivity contribution is 0.158. The lowest BCUT2D eigenvalue weighted by Gasteiger charge is -2.39. The average molecular weight is 194 g/mol.